The van der Waals surface area contributed by atoms with E-state index in [2.05, 4.69) is 5.32 Å². The highest BCUT2D eigenvalue weighted by atomic mass is 35.5. The third-order valence-electron chi connectivity index (χ3n) is 5.44. The van der Waals surface area contributed by atoms with Crippen LogP contribution in [-0.2, 0) is 9.59 Å². The number of benzene rings is 3. The molecule has 7 nitrogen and oxygen atoms in total. The number of thioether (sulfide) groups is 1. The number of amides is 2. The lowest BCUT2D eigenvalue weighted by atomic mass is 10.1. The molecular weight excluding hydrogens is 565 g/mol. The standard InChI is InChI=1S/C27H23Cl2N3O4S2/c1-31(2)19-8-10-20(11-9-19)32-26(34)23(38-27(32)37)14-16-12-21(29)25(22(13-16)35-3)36-15-24(33)30-18-6-4-17(28)5-7-18/h4-14H,15H2,1-3H3,(H,30,33)/b23-14-. The SMILES string of the molecule is COc1cc(/C=C2\SC(=S)N(c3ccc(N(C)C)cc3)C2=O)cc(Cl)c1OCC(=O)Nc1ccc(Cl)cc1. The second kappa shape index (κ2) is 12.1. The van der Waals surface area contributed by atoms with E-state index in [0.29, 0.717) is 36.9 Å². The maximum absolute atomic E-state index is 13.2. The number of carbonyl (C=O) groups excluding carboxylic acids is 2. The van der Waals surface area contributed by atoms with Crippen LogP contribution in [0.25, 0.3) is 6.08 Å². The summed E-state index contributed by atoms with van der Waals surface area (Å²) in [4.78, 5) is 29.4. The Bertz CT molecular complexity index is 1410. The minimum absolute atomic E-state index is 0.214. The molecule has 0 radical (unpaired) electrons. The highest BCUT2D eigenvalue weighted by molar-refractivity contribution is 8.27. The van der Waals surface area contributed by atoms with Crippen molar-refractivity contribution >= 4 is 86.5 Å². The molecule has 0 aliphatic carbocycles. The van der Waals surface area contributed by atoms with Gasteiger partial charge in [-0.15, -0.1) is 0 Å². The van der Waals surface area contributed by atoms with Crippen molar-refractivity contribution in [3.63, 3.8) is 0 Å². The van der Waals surface area contributed by atoms with Crippen molar-refractivity contribution in [1.82, 2.24) is 0 Å². The van der Waals surface area contributed by atoms with Gasteiger partial charge in [0.05, 0.1) is 22.7 Å². The fourth-order valence-corrected chi connectivity index (χ4v) is 5.27. The summed E-state index contributed by atoms with van der Waals surface area (Å²) in [5.74, 6) is -0.0763. The van der Waals surface area contributed by atoms with Crippen molar-refractivity contribution in [3.05, 3.63) is 81.2 Å². The van der Waals surface area contributed by atoms with E-state index >= 15 is 0 Å². The van der Waals surface area contributed by atoms with Gasteiger partial charge in [0.15, 0.2) is 22.4 Å². The molecule has 2 amide bonds. The van der Waals surface area contributed by atoms with E-state index in [4.69, 9.17) is 44.9 Å². The lowest BCUT2D eigenvalue weighted by Gasteiger charge is -2.17. The Labute approximate surface area is 240 Å². The minimum atomic E-state index is -0.378. The highest BCUT2D eigenvalue weighted by Crippen LogP contribution is 2.40. The molecule has 1 saturated heterocycles. The summed E-state index contributed by atoms with van der Waals surface area (Å²) in [5, 5.41) is 3.51. The molecule has 38 heavy (non-hydrogen) atoms. The van der Waals surface area contributed by atoms with Gasteiger partial charge in [0.1, 0.15) is 0 Å². The molecule has 0 saturated carbocycles. The lowest BCUT2D eigenvalue weighted by Crippen LogP contribution is -2.27. The number of anilines is 3. The second-order valence-corrected chi connectivity index (χ2v) is 10.8. The zero-order valence-corrected chi connectivity index (χ0v) is 23.8. The third kappa shape index (κ3) is 6.42. The van der Waals surface area contributed by atoms with Gasteiger partial charge in [0, 0.05) is 30.5 Å². The van der Waals surface area contributed by atoms with Gasteiger partial charge >= 0.3 is 0 Å². The van der Waals surface area contributed by atoms with Crippen LogP contribution in [0.1, 0.15) is 5.56 Å². The van der Waals surface area contributed by atoms with E-state index in [1.54, 1.807) is 42.5 Å². The number of halogens is 2. The van der Waals surface area contributed by atoms with Crippen molar-refractivity contribution in [2.24, 2.45) is 0 Å². The Kier molecular flexibility index (Phi) is 8.83. The summed E-state index contributed by atoms with van der Waals surface area (Å²) in [6.45, 7) is -0.288. The first-order valence-electron chi connectivity index (χ1n) is 11.3. The number of rotatable bonds is 8. The van der Waals surface area contributed by atoms with Crippen molar-refractivity contribution in [3.8, 4) is 11.5 Å². The average Bonchev–Trinajstić information content (AvgIpc) is 3.16. The molecule has 3 aromatic rings. The molecule has 11 heteroatoms. The van der Waals surface area contributed by atoms with Gasteiger partial charge in [0.25, 0.3) is 11.8 Å². The van der Waals surface area contributed by atoms with Gasteiger partial charge in [-0.1, -0.05) is 47.2 Å². The smallest absolute Gasteiger partial charge is 0.270 e. The van der Waals surface area contributed by atoms with Crippen LogP contribution < -0.4 is 24.6 Å². The molecule has 4 rings (SSSR count). The fourth-order valence-electron chi connectivity index (χ4n) is 3.57. The summed E-state index contributed by atoms with van der Waals surface area (Å²) in [6, 6.07) is 17.6. The molecule has 0 atom stereocenters. The molecule has 196 valence electrons. The van der Waals surface area contributed by atoms with Crippen LogP contribution in [0.5, 0.6) is 11.5 Å². The summed E-state index contributed by atoms with van der Waals surface area (Å²) >= 11 is 19.0. The molecule has 1 heterocycles. The van der Waals surface area contributed by atoms with Crippen molar-refractivity contribution < 1.29 is 19.1 Å². The van der Waals surface area contributed by atoms with Gasteiger partial charge in [-0.25, -0.2) is 0 Å². The summed E-state index contributed by atoms with van der Waals surface area (Å²) < 4.78 is 11.5. The molecule has 1 N–H and O–H groups in total. The van der Waals surface area contributed by atoms with Gasteiger partial charge in [-0.3, -0.25) is 14.5 Å². The Hall–Kier alpha value is -3.24. The lowest BCUT2D eigenvalue weighted by molar-refractivity contribution is -0.118. The van der Waals surface area contributed by atoms with E-state index in [1.807, 2.05) is 43.3 Å². The van der Waals surface area contributed by atoms with E-state index < -0.39 is 0 Å². The fraction of sp³-hybridized carbons (Fsp3) is 0.148. The monoisotopic (exact) mass is 587 g/mol. The molecular formula is C27H23Cl2N3O4S2. The molecule has 1 aliphatic heterocycles. The number of methoxy groups -OCH3 is 1. The van der Waals surface area contributed by atoms with Gasteiger partial charge in [-0.05, 0) is 72.3 Å². The van der Waals surface area contributed by atoms with Crippen molar-refractivity contribution in [2.45, 2.75) is 0 Å². The van der Waals surface area contributed by atoms with Crippen LogP contribution in [-0.4, -0.2) is 43.9 Å². The Balaban J connectivity index is 1.49. The first-order chi connectivity index (χ1) is 18.2. The zero-order valence-electron chi connectivity index (χ0n) is 20.7. The third-order valence-corrected chi connectivity index (χ3v) is 7.28. The molecule has 0 bridgehead atoms. The predicted octanol–water partition coefficient (Wildman–Crippen LogP) is 6.49. The largest absolute Gasteiger partial charge is 0.493 e. The Morgan fingerprint density at radius 2 is 1.79 bits per heavy atom. The molecule has 1 fully saturated rings. The Morgan fingerprint density at radius 1 is 1.11 bits per heavy atom. The van der Waals surface area contributed by atoms with Crippen LogP contribution in [0.4, 0.5) is 17.1 Å². The predicted molar refractivity (Wildman–Crippen MR) is 160 cm³/mol. The normalized spacial score (nSPS) is 14.1. The topological polar surface area (TPSA) is 71.1 Å². The molecule has 0 aromatic heterocycles. The molecule has 0 spiro atoms. The number of thiocarbonyl (C=S) groups is 1. The van der Waals surface area contributed by atoms with Gasteiger partial charge in [-0.2, -0.15) is 0 Å². The van der Waals surface area contributed by atoms with Crippen LogP contribution in [0.2, 0.25) is 10.0 Å². The van der Waals surface area contributed by atoms with Gasteiger partial charge < -0.3 is 19.7 Å². The van der Waals surface area contributed by atoms with E-state index in [9.17, 15) is 9.59 Å². The maximum atomic E-state index is 13.2. The van der Waals surface area contributed by atoms with E-state index in [1.165, 1.54) is 23.8 Å². The molecule has 3 aromatic carbocycles. The molecule has 1 aliphatic rings. The number of hydrogen-bond acceptors (Lipinski definition) is 7. The van der Waals surface area contributed by atoms with E-state index in [-0.39, 0.29) is 29.2 Å². The maximum Gasteiger partial charge on any atom is 0.270 e. The number of ether oxygens (including phenoxy) is 2. The minimum Gasteiger partial charge on any atom is -0.493 e. The van der Waals surface area contributed by atoms with Crippen molar-refractivity contribution in [2.75, 3.05) is 42.9 Å². The van der Waals surface area contributed by atoms with Crippen LogP contribution >= 0.6 is 47.2 Å². The molecule has 0 unspecified atom stereocenters. The number of nitrogens with zero attached hydrogens (tertiary/aromatic N) is 2. The summed E-state index contributed by atoms with van der Waals surface area (Å²) in [7, 11) is 5.36. The number of nitrogens with one attached hydrogen (secondary N) is 1. The van der Waals surface area contributed by atoms with Gasteiger partial charge in [0.2, 0.25) is 0 Å². The quantitative estimate of drug-likeness (QED) is 0.238. The first kappa shape index (κ1) is 27.8. The van der Waals surface area contributed by atoms with Crippen molar-refractivity contribution in [1.29, 1.82) is 0 Å². The average molecular weight is 589 g/mol. The number of hydrogen-bond donors (Lipinski definition) is 1. The Morgan fingerprint density at radius 3 is 2.42 bits per heavy atom. The zero-order chi connectivity index (χ0) is 27.4. The first-order valence-corrected chi connectivity index (χ1v) is 13.3. The summed E-state index contributed by atoms with van der Waals surface area (Å²) in [6.07, 6.45) is 1.69. The van der Waals surface area contributed by atoms with Crippen LogP contribution in [0, 0.1) is 0 Å². The highest BCUT2D eigenvalue weighted by Gasteiger charge is 2.33. The second-order valence-electron chi connectivity index (χ2n) is 8.31. The van der Waals surface area contributed by atoms with Crippen LogP contribution in [0.3, 0.4) is 0 Å². The summed E-state index contributed by atoms with van der Waals surface area (Å²) in [5.41, 5.74) is 2.91. The number of carbonyl (C=O) groups is 2. The van der Waals surface area contributed by atoms with E-state index in [0.717, 1.165) is 5.69 Å². The van der Waals surface area contributed by atoms with Crippen LogP contribution in [0.15, 0.2) is 65.6 Å².